The van der Waals surface area contributed by atoms with E-state index in [0.29, 0.717) is 48.7 Å². The summed E-state index contributed by atoms with van der Waals surface area (Å²) >= 11 is 1.37. The van der Waals surface area contributed by atoms with Crippen molar-refractivity contribution in [2.45, 2.75) is 111 Å². The van der Waals surface area contributed by atoms with Crippen LogP contribution in [0.3, 0.4) is 0 Å². The number of hydrazine groups is 1. The molecule has 1 saturated heterocycles. The molecule has 0 radical (unpaired) electrons. The van der Waals surface area contributed by atoms with Gasteiger partial charge in [-0.25, -0.2) is 20.2 Å². The van der Waals surface area contributed by atoms with Crippen molar-refractivity contribution in [1.82, 2.24) is 35.3 Å². The Kier molecular flexibility index (Phi) is 12.3. The number of hydrogen-bond donors (Lipinski definition) is 3. The standard InChI is InChI=1S/C39H53N7O6S/c1-10-45-30-16-15-26(42-33(30)25(20-39(7,8)22-47)34(45)24-13-11-17-40-32(24)23(2)3)29-21-53-31(41-29)19-28(43-37(50)52-38(4,5)6)35(48)46-18-12-14-27(44-46)36(49)51-9/h11,13,15-17,21,23,27-28,44,47H,10,12,14,18-20,22H2,1-9H3,(H,43,50)/t27-,28-/m0/s1. The number of esters is 1. The molecule has 1 fully saturated rings. The van der Waals surface area contributed by atoms with Gasteiger partial charge in [-0.1, -0.05) is 27.7 Å². The highest BCUT2D eigenvalue weighted by molar-refractivity contribution is 7.10. The van der Waals surface area contributed by atoms with Crippen molar-refractivity contribution in [3.05, 3.63) is 52.1 Å². The zero-order valence-electron chi connectivity index (χ0n) is 32.3. The molecule has 0 saturated carbocycles. The number of aromatic nitrogens is 4. The second kappa shape index (κ2) is 16.3. The number of nitrogens with zero attached hydrogens (tertiary/aromatic N) is 5. The first-order valence-electron chi connectivity index (χ1n) is 18.2. The largest absolute Gasteiger partial charge is 0.468 e. The molecule has 3 N–H and O–H groups in total. The molecule has 2 amide bonds. The number of aliphatic hydroxyl groups is 1. The smallest absolute Gasteiger partial charge is 0.408 e. The van der Waals surface area contributed by atoms with Crippen molar-refractivity contribution < 1.29 is 29.0 Å². The number of hydrogen-bond acceptors (Lipinski definition) is 11. The van der Waals surface area contributed by atoms with Gasteiger partial charge in [0.15, 0.2) is 0 Å². The fourth-order valence-electron chi connectivity index (χ4n) is 6.64. The molecule has 4 aromatic rings. The van der Waals surface area contributed by atoms with Crippen LogP contribution in [-0.2, 0) is 38.4 Å². The van der Waals surface area contributed by atoms with E-state index in [1.807, 2.05) is 37.6 Å². The molecule has 0 spiro atoms. The molecule has 0 aliphatic carbocycles. The summed E-state index contributed by atoms with van der Waals surface area (Å²) in [6.45, 7) is 16.8. The molecule has 1 aliphatic rings. The number of aliphatic hydroxyl groups excluding tert-OH is 1. The van der Waals surface area contributed by atoms with Gasteiger partial charge in [-0.15, -0.1) is 11.3 Å². The second-order valence-corrected chi connectivity index (χ2v) is 16.5. The number of fused-ring (bicyclic) bond motifs is 1. The molecular weight excluding hydrogens is 695 g/mol. The molecule has 0 aromatic carbocycles. The lowest BCUT2D eigenvalue weighted by Crippen LogP contribution is -2.60. The van der Waals surface area contributed by atoms with Gasteiger partial charge in [-0.2, -0.15) is 0 Å². The van der Waals surface area contributed by atoms with E-state index in [0.717, 1.165) is 33.5 Å². The van der Waals surface area contributed by atoms with Gasteiger partial charge in [0, 0.05) is 48.8 Å². The zero-order valence-corrected chi connectivity index (χ0v) is 33.1. The van der Waals surface area contributed by atoms with Crippen molar-refractivity contribution in [2.24, 2.45) is 5.41 Å². The van der Waals surface area contributed by atoms with Crippen LogP contribution in [0.2, 0.25) is 0 Å². The predicted molar refractivity (Wildman–Crippen MR) is 205 cm³/mol. The van der Waals surface area contributed by atoms with Gasteiger partial charge in [0.1, 0.15) is 17.7 Å². The maximum absolute atomic E-state index is 13.9. The van der Waals surface area contributed by atoms with Crippen LogP contribution in [0.15, 0.2) is 35.8 Å². The Hall–Kier alpha value is -4.40. The lowest BCUT2D eigenvalue weighted by molar-refractivity contribution is -0.150. The third-order valence-corrected chi connectivity index (χ3v) is 10.0. The quantitative estimate of drug-likeness (QED) is 0.146. The van der Waals surface area contributed by atoms with Crippen LogP contribution < -0.4 is 10.7 Å². The lowest BCUT2D eigenvalue weighted by atomic mass is 9.85. The third kappa shape index (κ3) is 9.22. The number of amides is 2. The van der Waals surface area contributed by atoms with Gasteiger partial charge in [-0.3, -0.25) is 19.6 Å². The summed E-state index contributed by atoms with van der Waals surface area (Å²) in [5.41, 5.74) is 9.06. The van der Waals surface area contributed by atoms with E-state index in [2.05, 4.69) is 48.2 Å². The first-order chi connectivity index (χ1) is 25.1. The monoisotopic (exact) mass is 747 g/mol. The van der Waals surface area contributed by atoms with Crippen LogP contribution in [-0.4, -0.2) is 85.6 Å². The van der Waals surface area contributed by atoms with Gasteiger partial charge < -0.3 is 24.5 Å². The molecule has 5 heterocycles. The minimum absolute atomic E-state index is 0.0119. The summed E-state index contributed by atoms with van der Waals surface area (Å²) in [5, 5.41) is 17.0. The average molecular weight is 748 g/mol. The first-order valence-corrected chi connectivity index (χ1v) is 19.1. The summed E-state index contributed by atoms with van der Waals surface area (Å²) in [5.74, 6) is -0.675. The Labute approximate surface area is 315 Å². The Balaban J connectivity index is 1.52. The maximum Gasteiger partial charge on any atom is 0.408 e. The van der Waals surface area contributed by atoms with Crippen molar-refractivity contribution in [1.29, 1.82) is 0 Å². The molecular formula is C39H53N7O6S. The SMILES string of the molecule is CCn1c(-c2cccnc2C(C)C)c(CC(C)(C)CO)c2nc(-c3csc(C[C@H](NC(=O)OC(C)(C)C)C(=O)N4CCC[C@@H](C(=O)OC)N4)n3)ccc21. The van der Waals surface area contributed by atoms with Crippen LogP contribution in [0.25, 0.3) is 33.7 Å². The van der Waals surface area contributed by atoms with Gasteiger partial charge in [0.05, 0.1) is 45.9 Å². The van der Waals surface area contributed by atoms with E-state index in [4.69, 9.17) is 24.4 Å². The average Bonchev–Trinajstić information content (AvgIpc) is 3.71. The normalized spacial score (nSPS) is 15.8. The van der Waals surface area contributed by atoms with Crippen LogP contribution in [0, 0.1) is 5.41 Å². The summed E-state index contributed by atoms with van der Waals surface area (Å²) in [6, 6.07) is 6.41. The number of ether oxygens (including phenoxy) is 2. The Bertz CT molecular complexity index is 1950. The molecule has 286 valence electrons. The fraction of sp³-hybridized carbons (Fsp3) is 0.538. The fourth-order valence-corrected chi connectivity index (χ4v) is 7.47. The number of thiazole rings is 1. The van der Waals surface area contributed by atoms with Crippen LogP contribution in [0.4, 0.5) is 4.79 Å². The minimum atomic E-state index is -1.02. The number of nitrogens with one attached hydrogen (secondary N) is 2. The molecule has 4 aromatic heterocycles. The highest BCUT2D eigenvalue weighted by atomic mass is 32.1. The van der Waals surface area contributed by atoms with Crippen LogP contribution in [0.1, 0.15) is 90.4 Å². The molecule has 2 atom stereocenters. The van der Waals surface area contributed by atoms with E-state index in [9.17, 15) is 19.5 Å². The number of carbonyl (C=O) groups excluding carboxylic acids is 3. The predicted octanol–water partition coefficient (Wildman–Crippen LogP) is 6.03. The number of alkyl carbamates (subject to hydrolysis) is 1. The van der Waals surface area contributed by atoms with Crippen molar-refractivity contribution >= 4 is 40.3 Å². The van der Waals surface area contributed by atoms with E-state index >= 15 is 0 Å². The van der Waals surface area contributed by atoms with Crippen molar-refractivity contribution in [2.75, 3.05) is 20.3 Å². The molecule has 13 nitrogen and oxygen atoms in total. The Morgan fingerprint density at radius 2 is 1.87 bits per heavy atom. The van der Waals surface area contributed by atoms with Crippen LogP contribution in [0.5, 0.6) is 0 Å². The van der Waals surface area contributed by atoms with Crippen molar-refractivity contribution in [3.8, 4) is 22.6 Å². The number of pyridine rings is 2. The van der Waals surface area contributed by atoms with Crippen LogP contribution >= 0.6 is 11.3 Å². The zero-order chi connectivity index (χ0) is 38.7. The number of methoxy groups -OCH3 is 1. The van der Waals surface area contributed by atoms with E-state index in [1.54, 1.807) is 20.8 Å². The Morgan fingerprint density at radius 1 is 1.11 bits per heavy atom. The van der Waals surface area contributed by atoms with Gasteiger partial charge >= 0.3 is 12.1 Å². The van der Waals surface area contributed by atoms with Gasteiger partial charge in [0.25, 0.3) is 5.91 Å². The summed E-state index contributed by atoms with van der Waals surface area (Å²) in [7, 11) is 1.31. The third-order valence-electron chi connectivity index (χ3n) is 9.17. The highest BCUT2D eigenvalue weighted by Gasteiger charge is 2.35. The molecule has 5 rings (SSSR count). The van der Waals surface area contributed by atoms with E-state index in [1.165, 1.54) is 23.5 Å². The molecule has 14 heteroatoms. The van der Waals surface area contributed by atoms with Gasteiger partial charge in [0.2, 0.25) is 0 Å². The lowest BCUT2D eigenvalue weighted by Gasteiger charge is -2.34. The highest BCUT2D eigenvalue weighted by Crippen LogP contribution is 2.40. The second-order valence-electron chi connectivity index (χ2n) is 15.6. The van der Waals surface area contributed by atoms with Gasteiger partial charge in [-0.05, 0) is 82.6 Å². The summed E-state index contributed by atoms with van der Waals surface area (Å²) < 4.78 is 12.7. The summed E-state index contributed by atoms with van der Waals surface area (Å²) in [6.07, 6.45) is 2.90. The van der Waals surface area contributed by atoms with E-state index < -0.39 is 41.1 Å². The summed E-state index contributed by atoms with van der Waals surface area (Å²) in [4.78, 5) is 54.0. The van der Waals surface area contributed by atoms with Crippen molar-refractivity contribution in [3.63, 3.8) is 0 Å². The number of aryl methyl sites for hydroxylation is 1. The minimum Gasteiger partial charge on any atom is -0.468 e. The maximum atomic E-state index is 13.9. The molecule has 0 bridgehead atoms. The number of carbonyl (C=O) groups is 3. The Morgan fingerprint density at radius 3 is 2.53 bits per heavy atom. The molecule has 1 aliphatic heterocycles. The number of rotatable bonds is 12. The first kappa shape index (κ1) is 39.8. The molecule has 0 unspecified atom stereocenters. The van der Waals surface area contributed by atoms with E-state index in [-0.39, 0.29) is 18.9 Å². The topological polar surface area (TPSA) is 161 Å². The molecule has 53 heavy (non-hydrogen) atoms.